The molecule has 28 heavy (non-hydrogen) atoms. The molecule has 0 N–H and O–H groups in total. The van der Waals surface area contributed by atoms with Crippen LogP contribution in [-0.4, -0.2) is 36.5 Å². The number of hydrogen-bond donors (Lipinski definition) is 0. The molecule has 0 aromatic heterocycles. The largest absolute Gasteiger partial charge is 0.494 e. The van der Waals surface area contributed by atoms with Crippen LogP contribution >= 0.6 is 0 Å². The third-order valence-corrected chi connectivity index (χ3v) is 5.78. The van der Waals surface area contributed by atoms with E-state index >= 15 is 0 Å². The Kier molecular flexibility index (Phi) is 5.62. The molecule has 2 aromatic carbocycles. The molecular formula is C23H27FN2O2. The number of ether oxygens (including phenoxy) is 1. The average molecular weight is 382 g/mol. The van der Waals surface area contributed by atoms with Crippen LogP contribution in [0.1, 0.15) is 38.2 Å². The normalized spacial score (nSPS) is 19.7. The van der Waals surface area contributed by atoms with Crippen LogP contribution in [0.2, 0.25) is 0 Å². The van der Waals surface area contributed by atoms with E-state index in [1.807, 2.05) is 18.2 Å². The number of likely N-dealkylation sites (tertiary alicyclic amines) is 1. The molecule has 1 amide bonds. The van der Waals surface area contributed by atoms with E-state index in [-0.39, 0.29) is 11.7 Å². The van der Waals surface area contributed by atoms with Crippen LogP contribution < -0.4 is 9.64 Å². The molecular weight excluding hydrogens is 355 g/mol. The Morgan fingerprint density at radius 2 is 1.96 bits per heavy atom. The van der Waals surface area contributed by atoms with Crippen LogP contribution in [0.25, 0.3) is 0 Å². The maximum absolute atomic E-state index is 13.2. The predicted molar refractivity (Wildman–Crippen MR) is 109 cm³/mol. The molecule has 0 radical (unpaired) electrons. The molecule has 1 fully saturated rings. The van der Waals surface area contributed by atoms with Crippen molar-refractivity contribution in [1.29, 1.82) is 0 Å². The Hall–Kier alpha value is -2.40. The van der Waals surface area contributed by atoms with E-state index in [2.05, 4.69) is 11.8 Å². The summed E-state index contributed by atoms with van der Waals surface area (Å²) in [5, 5.41) is 0. The summed E-state index contributed by atoms with van der Waals surface area (Å²) in [6.45, 7) is 5.28. The average Bonchev–Trinajstić information content (AvgIpc) is 3.11. The monoisotopic (exact) mass is 382 g/mol. The van der Waals surface area contributed by atoms with E-state index in [0.29, 0.717) is 31.2 Å². The molecule has 148 valence electrons. The summed E-state index contributed by atoms with van der Waals surface area (Å²) in [7, 11) is 0. The van der Waals surface area contributed by atoms with Gasteiger partial charge in [-0.25, -0.2) is 4.39 Å². The first-order valence-corrected chi connectivity index (χ1v) is 10.2. The van der Waals surface area contributed by atoms with Crippen LogP contribution in [0.5, 0.6) is 5.75 Å². The van der Waals surface area contributed by atoms with Crippen LogP contribution in [-0.2, 0) is 11.2 Å². The molecule has 2 aliphatic rings. The molecule has 0 aliphatic carbocycles. The Morgan fingerprint density at radius 3 is 2.71 bits per heavy atom. The van der Waals surface area contributed by atoms with Crippen molar-refractivity contribution in [3.05, 3.63) is 53.8 Å². The van der Waals surface area contributed by atoms with Gasteiger partial charge in [0.1, 0.15) is 11.6 Å². The Morgan fingerprint density at radius 1 is 1.14 bits per heavy atom. The van der Waals surface area contributed by atoms with Gasteiger partial charge >= 0.3 is 0 Å². The number of aryl methyl sites for hydroxylation is 1. The van der Waals surface area contributed by atoms with Crippen molar-refractivity contribution >= 4 is 17.3 Å². The summed E-state index contributed by atoms with van der Waals surface area (Å²) < 4.78 is 19.2. The number of amides is 1. The fourth-order valence-electron chi connectivity index (χ4n) is 4.21. The molecule has 2 heterocycles. The van der Waals surface area contributed by atoms with Gasteiger partial charge in [0.15, 0.2) is 0 Å². The van der Waals surface area contributed by atoms with Crippen molar-refractivity contribution in [3.63, 3.8) is 0 Å². The molecule has 0 spiro atoms. The molecule has 4 nitrogen and oxygen atoms in total. The second-order valence-corrected chi connectivity index (χ2v) is 7.73. The number of anilines is 2. The predicted octanol–water partition coefficient (Wildman–Crippen LogP) is 4.69. The summed E-state index contributed by atoms with van der Waals surface area (Å²) in [6.07, 6.45) is 4.77. The van der Waals surface area contributed by atoms with Crippen molar-refractivity contribution < 1.29 is 13.9 Å². The zero-order valence-corrected chi connectivity index (χ0v) is 16.4. The van der Waals surface area contributed by atoms with Crippen molar-refractivity contribution in [2.45, 2.75) is 45.1 Å². The van der Waals surface area contributed by atoms with E-state index < -0.39 is 0 Å². The zero-order chi connectivity index (χ0) is 19.5. The minimum Gasteiger partial charge on any atom is -0.494 e. The number of benzene rings is 2. The molecule has 5 heteroatoms. The van der Waals surface area contributed by atoms with Gasteiger partial charge in [0, 0.05) is 24.7 Å². The van der Waals surface area contributed by atoms with E-state index in [0.717, 1.165) is 30.0 Å². The number of nitrogens with zero attached hydrogens (tertiary/aromatic N) is 2. The highest BCUT2D eigenvalue weighted by Gasteiger charge is 2.26. The Balaban J connectivity index is 1.41. The molecule has 1 saturated heterocycles. The number of carbonyl (C=O) groups excluding carboxylic acids is 1. The van der Waals surface area contributed by atoms with Crippen LogP contribution in [0.15, 0.2) is 42.5 Å². The third kappa shape index (κ3) is 4.04. The van der Waals surface area contributed by atoms with Crippen LogP contribution in [0.3, 0.4) is 0 Å². The highest BCUT2D eigenvalue weighted by atomic mass is 19.1. The maximum Gasteiger partial charge on any atom is 0.231 e. The van der Waals surface area contributed by atoms with Gasteiger partial charge in [-0.1, -0.05) is 0 Å². The molecule has 2 aliphatic heterocycles. The first-order valence-electron chi connectivity index (χ1n) is 10.2. The molecule has 0 unspecified atom stereocenters. The van der Waals surface area contributed by atoms with Gasteiger partial charge in [-0.05, 0) is 87.2 Å². The molecule has 0 bridgehead atoms. The van der Waals surface area contributed by atoms with Crippen molar-refractivity contribution in [3.8, 4) is 5.75 Å². The Labute approximate surface area is 165 Å². The van der Waals surface area contributed by atoms with Gasteiger partial charge in [-0.2, -0.15) is 0 Å². The lowest BCUT2D eigenvalue weighted by molar-refractivity contribution is -0.118. The quantitative estimate of drug-likeness (QED) is 0.680. The highest BCUT2D eigenvalue weighted by molar-refractivity contribution is 6.03. The zero-order valence-electron chi connectivity index (χ0n) is 16.4. The molecule has 1 atom stereocenters. The molecule has 4 rings (SSSR count). The second-order valence-electron chi connectivity index (χ2n) is 7.73. The lowest BCUT2D eigenvalue weighted by atomic mass is 10.00. The minimum atomic E-state index is -0.305. The second kappa shape index (κ2) is 8.31. The highest BCUT2D eigenvalue weighted by Crippen LogP contribution is 2.36. The topological polar surface area (TPSA) is 32.8 Å². The number of fused-ring (bicyclic) bond motifs is 1. The number of hydrogen-bond acceptors (Lipinski definition) is 3. The summed E-state index contributed by atoms with van der Waals surface area (Å²) in [4.78, 5) is 16.7. The fourth-order valence-corrected chi connectivity index (χ4v) is 4.21. The van der Waals surface area contributed by atoms with Gasteiger partial charge in [0.05, 0.1) is 12.3 Å². The molecule has 0 saturated carbocycles. The van der Waals surface area contributed by atoms with Gasteiger partial charge in [-0.15, -0.1) is 0 Å². The first kappa shape index (κ1) is 18.9. The van der Waals surface area contributed by atoms with E-state index in [4.69, 9.17) is 4.74 Å². The summed E-state index contributed by atoms with van der Waals surface area (Å²) in [6, 6.07) is 12.7. The summed E-state index contributed by atoms with van der Waals surface area (Å²) in [5.41, 5.74) is 2.65. The smallest absolute Gasteiger partial charge is 0.231 e. The number of halogens is 1. The summed E-state index contributed by atoms with van der Waals surface area (Å²) >= 11 is 0. The van der Waals surface area contributed by atoms with Crippen molar-refractivity contribution in [1.82, 2.24) is 4.90 Å². The van der Waals surface area contributed by atoms with Crippen LogP contribution in [0.4, 0.5) is 15.8 Å². The number of carbonyl (C=O) groups is 1. The first-order chi connectivity index (χ1) is 13.6. The van der Waals surface area contributed by atoms with E-state index in [9.17, 15) is 9.18 Å². The fraction of sp³-hybridized carbons (Fsp3) is 0.435. The van der Waals surface area contributed by atoms with Gasteiger partial charge in [0.25, 0.3) is 0 Å². The standard InChI is InChI=1S/C23H27FN2O2/c1-17-4-2-13-25(17)14-3-15-28-21-10-11-22-18(16-21)5-12-23(27)26(22)20-8-6-19(24)7-9-20/h6-11,16-17H,2-5,12-15H2,1H3/t17-/m1/s1. The minimum absolute atomic E-state index is 0.0347. The van der Waals surface area contributed by atoms with Gasteiger partial charge < -0.3 is 9.64 Å². The number of rotatable bonds is 6. The van der Waals surface area contributed by atoms with E-state index in [1.165, 1.54) is 31.5 Å². The lowest BCUT2D eigenvalue weighted by Crippen LogP contribution is -2.30. The SMILES string of the molecule is C[C@@H]1CCCN1CCCOc1ccc2c(c1)CCC(=O)N2c1ccc(F)cc1. The third-order valence-electron chi connectivity index (χ3n) is 5.78. The van der Waals surface area contributed by atoms with Crippen molar-refractivity contribution in [2.24, 2.45) is 0 Å². The summed E-state index contributed by atoms with van der Waals surface area (Å²) in [5.74, 6) is 0.578. The lowest BCUT2D eigenvalue weighted by Gasteiger charge is -2.30. The Bertz CT molecular complexity index is 837. The molecule has 2 aromatic rings. The maximum atomic E-state index is 13.2. The van der Waals surface area contributed by atoms with Crippen LogP contribution in [0, 0.1) is 5.82 Å². The van der Waals surface area contributed by atoms with Gasteiger partial charge in [0.2, 0.25) is 5.91 Å². The van der Waals surface area contributed by atoms with E-state index in [1.54, 1.807) is 17.0 Å². The van der Waals surface area contributed by atoms with Crippen molar-refractivity contribution in [2.75, 3.05) is 24.6 Å². The van der Waals surface area contributed by atoms with Gasteiger partial charge in [-0.3, -0.25) is 9.69 Å².